The Morgan fingerprint density at radius 2 is 1.89 bits per heavy atom. The summed E-state index contributed by atoms with van der Waals surface area (Å²) in [6.07, 6.45) is 0. The highest BCUT2D eigenvalue weighted by molar-refractivity contribution is 5.91. The Bertz CT molecular complexity index is 721. The van der Waals surface area contributed by atoms with Gasteiger partial charge in [0, 0.05) is 11.1 Å². The highest BCUT2D eigenvalue weighted by Crippen LogP contribution is 2.24. The minimum atomic E-state index is 0.400. The summed E-state index contributed by atoms with van der Waals surface area (Å²) in [4.78, 5) is 4.55. The molecule has 3 N–H and O–H groups in total. The summed E-state index contributed by atoms with van der Waals surface area (Å²) >= 11 is 0. The number of hydrogen-bond acceptors (Lipinski definition) is 5. The highest BCUT2D eigenvalue weighted by atomic mass is 15.2. The number of fused-ring (bicyclic) bond motifs is 1. The van der Waals surface area contributed by atoms with Gasteiger partial charge < -0.3 is 11.1 Å². The molecule has 0 spiro atoms. The highest BCUT2D eigenvalue weighted by Gasteiger charge is 2.04. The van der Waals surface area contributed by atoms with Crippen molar-refractivity contribution in [1.82, 2.24) is 15.2 Å². The van der Waals surface area contributed by atoms with Gasteiger partial charge in [-0.1, -0.05) is 18.2 Å². The van der Waals surface area contributed by atoms with Crippen LogP contribution in [0.25, 0.3) is 10.9 Å². The molecule has 5 nitrogen and oxygen atoms in total. The van der Waals surface area contributed by atoms with Gasteiger partial charge in [0.05, 0.1) is 11.2 Å². The third-order valence-electron chi connectivity index (χ3n) is 2.81. The van der Waals surface area contributed by atoms with Gasteiger partial charge in [-0.3, -0.25) is 4.98 Å². The van der Waals surface area contributed by atoms with E-state index in [1.807, 2.05) is 31.2 Å². The van der Waals surface area contributed by atoms with Crippen LogP contribution in [0.4, 0.5) is 17.3 Å². The number of aryl methyl sites for hydroxylation is 1. The minimum Gasteiger partial charge on any atom is -0.382 e. The molecule has 0 aliphatic rings. The fourth-order valence-corrected chi connectivity index (χ4v) is 1.89. The zero-order valence-electron chi connectivity index (χ0n) is 10.5. The normalized spacial score (nSPS) is 10.6. The molecule has 0 aliphatic heterocycles. The number of nitrogens with one attached hydrogen (secondary N) is 1. The number of pyridine rings is 1. The summed E-state index contributed by atoms with van der Waals surface area (Å²) in [6.45, 7) is 1.97. The van der Waals surface area contributed by atoms with E-state index in [9.17, 15) is 0 Å². The second-order valence-corrected chi connectivity index (χ2v) is 4.30. The number of anilines is 3. The summed E-state index contributed by atoms with van der Waals surface area (Å²) in [7, 11) is 0. The standard InChI is InChI=1S/C14H13N5/c1-9-5-6-10-3-2-4-11(14(10)16-9)17-13-8-7-12(15)18-19-13/h2-8H,1H3,(H2,15,18)(H,17,19). The molecule has 1 aromatic carbocycles. The topological polar surface area (TPSA) is 76.7 Å². The van der Waals surface area contributed by atoms with Crippen LogP contribution in [0.2, 0.25) is 0 Å². The lowest BCUT2D eigenvalue weighted by Gasteiger charge is -2.08. The fraction of sp³-hybridized carbons (Fsp3) is 0.0714. The summed E-state index contributed by atoms with van der Waals surface area (Å²) < 4.78 is 0. The monoisotopic (exact) mass is 251 g/mol. The number of aromatic nitrogens is 3. The average molecular weight is 251 g/mol. The molecule has 0 aliphatic carbocycles. The number of para-hydroxylation sites is 1. The fourth-order valence-electron chi connectivity index (χ4n) is 1.89. The summed E-state index contributed by atoms with van der Waals surface area (Å²) in [5.41, 5.74) is 8.31. The van der Waals surface area contributed by atoms with E-state index in [-0.39, 0.29) is 0 Å². The number of benzene rings is 1. The van der Waals surface area contributed by atoms with Crippen LogP contribution in [-0.2, 0) is 0 Å². The summed E-state index contributed by atoms with van der Waals surface area (Å²) in [5, 5.41) is 12.1. The zero-order chi connectivity index (χ0) is 13.2. The Morgan fingerprint density at radius 1 is 1.00 bits per heavy atom. The molecule has 3 aromatic rings. The Hall–Kier alpha value is -2.69. The van der Waals surface area contributed by atoms with E-state index in [1.165, 1.54) is 0 Å². The van der Waals surface area contributed by atoms with E-state index in [0.29, 0.717) is 11.6 Å². The van der Waals surface area contributed by atoms with Gasteiger partial charge in [0.15, 0.2) is 5.82 Å². The molecule has 2 heterocycles. The van der Waals surface area contributed by atoms with Gasteiger partial charge in [0.2, 0.25) is 0 Å². The Morgan fingerprint density at radius 3 is 2.68 bits per heavy atom. The molecule has 5 heteroatoms. The molecule has 2 aromatic heterocycles. The van der Waals surface area contributed by atoms with Gasteiger partial charge >= 0.3 is 0 Å². The van der Waals surface area contributed by atoms with Crippen molar-refractivity contribution in [2.75, 3.05) is 11.1 Å². The van der Waals surface area contributed by atoms with Crippen molar-refractivity contribution >= 4 is 28.2 Å². The molecule has 0 fully saturated rings. The number of nitrogens with zero attached hydrogens (tertiary/aromatic N) is 3. The van der Waals surface area contributed by atoms with Crippen LogP contribution in [0.3, 0.4) is 0 Å². The first kappa shape index (κ1) is 11.4. The Balaban J connectivity index is 2.05. The second-order valence-electron chi connectivity index (χ2n) is 4.30. The number of rotatable bonds is 2. The predicted molar refractivity (Wildman–Crippen MR) is 76.2 cm³/mol. The van der Waals surface area contributed by atoms with Gasteiger partial charge in [-0.15, -0.1) is 10.2 Å². The maximum atomic E-state index is 5.52. The van der Waals surface area contributed by atoms with Crippen molar-refractivity contribution in [2.45, 2.75) is 6.92 Å². The molecular weight excluding hydrogens is 238 g/mol. The van der Waals surface area contributed by atoms with Crippen molar-refractivity contribution < 1.29 is 0 Å². The van der Waals surface area contributed by atoms with Crippen molar-refractivity contribution in [3.8, 4) is 0 Å². The van der Waals surface area contributed by atoms with Crippen LogP contribution in [0.1, 0.15) is 5.69 Å². The summed E-state index contributed by atoms with van der Waals surface area (Å²) in [6, 6.07) is 13.5. The number of nitrogens with two attached hydrogens (primary N) is 1. The SMILES string of the molecule is Cc1ccc2cccc(Nc3ccc(N)nn3)c2n1. The first-order chi connectivity index (χ1) is 9.22. The van der Waals surface area contributed by atoms with Crippen molar-refractivity contribution in [3.05, 3.63) is 48.2 Å². The maximum Gasteiger partial charge on any atom is 0.153 e. The number of hydrogen-bond donors (Lipinski definition) is 2. The Labute approximate surface area is 110 Å². The molecule has 0 radical (unpaired) electrons. The quantitative estimate of drug-likeness (QED) is 0.732. The average Bonchev–Trinajstić information content (AvgIpc) is 2.42. The second kappa shape index (κ2) is 4.53. The van der Waals surface area contributed by atoms with Crippen LogP contribution < -0.4 is 11.1 Å². The van der Waals surface area contributed by atoms with Crippen LogP contribution in [0.5, 0.6) is 0 Å². The van der Waals surface area contributed by atoms with E-state index < -0.39 is 0 Å². The van der Waals surface area contributed by atoms with E-state index in [2.05, 4.69) is 26.6 Å². The van der Waals surface area contributed by atoms with Gasteiger partial charge in [-0.2, -0.15) is 0 Å². The molecule has 3 rings (SSSR count). The van der Waals surface area contributed by atoms with Crippen LogP contribution in [0, 0.1) is 6.92 Å². The van der Waals surface area contributed by atoms with E-state index in [0.717, 1.165) is 22.3 Å². The number of nitrogen functional groups attached to an aromatic ring is 1. The molecule has 0 saturated carbocycles. The van der Waals surface area contributed by atoms with Crippen LogP contribution >= 0.6 is 0 Å². The lowest BCUT2D eigenvalue weighted by atomic mass is 10.1. The third-order valence-corrected chi connectivity index (χ3v) is 2.81. The molecule has 0 saturated heterocycles. The lowest BCUT2D eigenvalue weighted by molar-refractivity contribution is 1.05. The lowest BCUT2D eigenvalue weighted by Crippen LogP contribution is -1.99. The van der Waals surface area contributed by atoms with Crippen LogP contribution in [-0.4, -0.2) is 15.2 Å². The minimum absolute atomic E-state index is 0.400. The van der Waals surface area contributed by atoms with E-state index >= 15 is 0 Å². The van der Waals surface area contributed by atoms with Gasteiger partial charge in [-0.05, 0) is 31.2 Å². The first-order valence-corrected chi connectivity index (χ1v) is 5.95. The first-order valence-electron chi connectivity index (χ1n) is 5.95. The summed E-state index contributed by atoms with van der Waals surface area (Å²) in [5.74, 6) is 1.04. The zero-order valence-corrected chi connectivity index (χ0v) is 10.5. The Kier molecular flexibility index (Phi) is 2.72. The van der Waals surface area contributed by atoms with E-state index in [4.69, 9.17) is 5.73 Å². The molecule has 0 unspecified atom stereocenters. The van der Waals surface area contributed by atoms with Crippen LogP contribution in [0.15, 0.2) is 42.5 Å². The van der Waals surface area contributed by atoms with Crippen molar-refractivity contribution in [3.63, 3.8) is 0 Å². The molecule has 0 bridgehead atoms. The molecule has 0 atom stereocenters. The van der Waals surface area contributed by atoms with Gasteiger partial charge in [0.1, 0.15) is 5.82 Å². The predicted octanol–water partition coefficient (Wildman–Crippen LogP) is 2.66. The van der Waals surface area contributed by atoms with E-state index in [1.54, 1.807) is 12.1 Å². The van der Waals surface area contributed by atoms with Gasteiger partial charge in [-0.25, -0.2) is 0 Å². The smallest absolute Gasteiger partial charge is 0.153 e. The van der Waals surface area contributed by atoms with Gasteiger partial charge in [0.25, 0.3) is 0 Å². The largest absolute Gasteiger partial charge is 0.382 e. The molecule has 0 amide bonds. The molecular formula is C14H13N5. The molecule has 94 valence electrons. The van der Waals surface area contributed by atoms with Crippen molar-refractivity contribution in [2.24, 2.45) is 0 Å². The van der Waals surface area contributed by atoms with Crippen molar-refractivity contribution in [1.29, 1.82) is 0 Å². The molecule has 19 heavy (non-hydrogen) atoms. The maximum absolute atomic E-state index is 5.52. The third kappa shape index (κ3) is 2.30.